The molecule has 1 N–H and O–H groups in total. The van der Waals surface area contributed by atoms with Crippen molar-refractivity contribution >= 4 is 12.0 Å². The van der Waals surface area contributed by atoms with Gasteiger partial charge in [0.05, 0.1) is 0 Å². The van der Waals surface area contributed by atoms with E-state index in [-0.39, 0.29) is 30.5 Å². The van der Waals surface area contributed by atoms with Gasteiger partial charge in [0.15, 0.2) is 0 Å². The summed E-state index contributed by atoms with van der Waals surface area (Å²) in [6.07, 6.45) is 6.35. The number of carboxylic acids is 1. The molecule has 0 spiro atoms. The Morgan fingerprint density at radius 2 is 1.74 bits per heavy atom. The summed E-state index contributed by atoms with van der Waals surface area (Å²) in [6, 6.07) is 1.17. The van der Waals surface area contributed by atoms with Gasteiger partial charge in [-0.1, -0.05) is 0 Å². The van der Waals surface area contributed by atoms with Crippen molar-refractivity contribution in [2.45, 2.75) is 63.1 Å². The van der Waals surface area contributed by atoms with Gasteiger partial charge in [-0.25, -0.2) is 4.79 Å². The molecule has 2 saturated heterocycles. The van der Waals surface area contributed by atoms with Crippen LogP contribution in [0.3, 0.4) is 0 Å². The lowest BCUT2D eigenvalue weighted by Gasteiger charge is -2.40. The number of nitrogens with zero attached hydrogens (tertiary/aromatic N) is 2. The third kappa shape index (κ3) is 2.42. The van der Waals surface area contributed by atoms with Gasteiger partial charge in [0.25, 0.3) is 0 Å². The first-order chi connectivity index (χ1) is 9.06. The van der Waals surface area contributed by atoms with Crippen LogP contribution in [0.2, 0.25) is 0 Å². The van der Waals surface area contributed by atoms with Gasteiger partial charge in [0.2, 0.25) is 0 Å². The SMILES string of the molecule is CN(C(=O)N1C2CCC1CC(CC(=O)O)C2)C1CC1. The Hall–Kier alpha value is -1.26. The van der Waals surface area contributed by atoms with E-state index in [9.17, 15) is 9.59 Å². The molecule has 2 atom stereocenters. The van der Waals surface area contributed by atoms with Crippen LogP contribution in [0, 0.1) is 5.92 Å². The monoisotopic (exact) mass is 266 g/mol. The van der Waals surface area contributed by atoms with Crippen LogP contribution in [-0.2, 0) is 4.79 Å². The van der Waals surface area contributed by atoms with Gasteiger partial charge in [-0.2, -0.15) is 0 Å². The Labute approximate surface area is 113 Å². The fourth-order valence-electron chi connectivity index (χ4n) is 3.82. The molecule has 5 heteroatoms. The molecule has 1 saturated carbocycles. The minimum Gasteiger partial charge on any atom is -0.481 e. The maximum absolute atomic E-state index is 12.5. The molecule has 0 aromatic heterocycles. The van der Waals surface area contributed by atoms with Crippen molar-refractivity contribution < 1.29 is 14.7 Å². The lowest BCUT2D eigenvalue weighted by atomic mass is 9.88. The van der Waals surface area contributed by atoms with Crippen LogP contribution in [0.1, 0.15) is 44.9 Å². The van der Waals surface area contributed by atoms with E-state index in [0.717, 1.165) is 38.5 Å². The predicted molar refractivity (Wildman–Crippen MR) is 69.8 cm³/mol. The average molecular weight is 266 g/mol. The number of hydrogen-bond donors (Lipinski definition) is 1. The van der Waals surface area contributed by atoms with E-state index in [4.69, 9.17) is 5.11 Å². The lowest BCUT2D eigenvalue weighted by molar-refractivity contribution is -0.138. The molecule has 0 radical (unpaired) electrons. The molecule has 2 unspecified atom stereocenters. The second kappa shape index (κ2) is 4.69. The van der Waals surface area contributed by atoms with Crippen molar-refractivity contribution in [1.82, 2.24) is 9.80 Å². The largest absolute Gasteiger partial charge is 0.481 e. The molecule has 106 valence electrons. The van der Waals surface area contributed by atoms with Crippen molar-refractivity contribution in [3.8, 4) is 0 Å². The number of amides is 2. The number of hydrogen-bond acceptors (Lipinski definition) is 2. The minimum absolute atomic E-state index is 0.170. The third-order valence-corrected chi connectivity index (χ3v) is 4.91. The van der Waals surface area contributed by atoms with E-state index in [0.29, 0.717) is 6.04 Å². The summed E-state index contributed by atoms with van der Waals surface area (Å²) in [4.78, 5) is 27.3. The molecule has 0 aromatic rings. The quantitative estimate of drug-likeness (QED) is 0.849. The maximum atomic E-state index is 12.5. The van der Waals surface area contributed by atoms with Gasteiger partial charge in [-0.15, -0.1) is 0 Å². The number of carboxylic acid groups (broad SMARTS) is 1. The maximum Gasteiger partial charge on any atom is 0.320 e. The summed E-state index contributed by atoms with van der Waals surface area (Å²) in [7, 11) is 1.91. The van der Waals surface area contributed by atoms with Gasteiger partial charge in [-0.05, 0) is 44.4 Å². The molecule has 5 nitrogen and oxygen atoms in total. The number of piperidine rings is 1. The van der Waals surface area contributed by atoms with E-state index >= 15 is 0 Å². The number of aliphatic carboxylic acids is 1. The standard InChI is InChI=1S/C14H22N2O3/c1-15(10-2-3-10)14(19)16-11-4-5-12(16)7-9(6-11)8-13(17)18/h9-12H,2-8H2,1H3,(H,17,18). The first kappa shape index (κ1) is 12.8. The van der Waals surface area contributed by atoms with E-state index < -0.39 is 5.97 Å². The summed E-state index contributed by atoms with van der Waals surface area (Å²) in [5.41, 5.74) is 0. The van der Waals surface area contributed by atoms with E-state index in [2.05, 4.69) is 4.90 Å². The zero-order valence-corrected chi connectivity index (χ0v) is 11.4. The van der Waals surface area contributed by atoms with Crippen LogP contribution >= 0.6 is 0 Å². The predicted octanol–water partition coefficient (Wildman–Crippen LogP) is 1.92. The second-order valence-corrected chi connectivity index (χ2v) is 6.35. The molecule has 2 amide bonds. The van der Waals surface area contributed by atoms with Crippen LogP contribution in [0.15, 0.2) is 0 Å². The van der Waals surface area contributed by atoms with Crippen LogP contribution in [0.25, 0.3) is 0 Å². The zero-order chi connectivity index (χ0) is 13.6. The highest BCUT2D eigenvalue weighted by Crippen LogP contribution is 2.41. The molecule has 0 aromatic carbocycles. The van der Waals surface area contributed by atoms with Crippen LogP contribution in [0.5, 0.6) is 0 Å². The average Bonchev–Trinajstić information content (AvgIpc) is 3.14. The highest BCUT2D eigenvalue weighted by atomic mass is 16.4. The van der Waals surface area contributed by atoms with E-state index in [1.54, 1.807) is 0 Å². The zero-order valence-electron chi connectivity index (χ0n) is 11.4. The van der Waals surface area contributed by atoms with Gasteiger partial charge < -0.3 is 14.9 Å². The number of carbonyl (C=O) groups excluding carboxylic acids is 1. The van der Waals surface area contributed by atoms with Crippen molar-refractivity contribution in [1.29, 1.82) is 0 Å². The van der Waals surface area contributed by atoms with Crippen molar-refractivity contribution in [3.05, 3.63) is 0 Å². The number of fused-ring (bicyclic) bond motifs is 2. The minimum atomic E-state index is -0.709. The number of rotatable bonds is 3. The normalized spacial score (nSPS) is 33.3. The number of urea groups is 1. The first-order valence-electron chi connectivity index (χ1n) is 7.33. The third-order valence-electron chi connectivity index (χ3n) is 4.91. The fraction of sp³-hybridized carbons (Fsp3) is 0.857. The summed E-state index contributed by atoms with van der Waals surface area (Å²) in [5.74, 6) is -0.454. The Balaban J connectivity index is 1.65. The smallest absolute Gasteiger partial charge is 0.320 e. The molecule has 1 aliphatic carbocycles. The molecule has 2 bridgehead atoms. The van der Waals surface area contributed by atoms with Gasteiger partial charge in [-0.3, -0.25) is 4.79 Å². The lowest BCUT2D eigenvalue weighted by Crippen LogP contribution is -2.51. The first-order valence-corrected chi connectivity index (χ1v) is 7.33. The summed E-state index contributed by atoms with van der Waals surface area (Å²) in [6.45, 7) is 0. The molecule has 2 heterocycles. The molecule has 2 aliphatic heterocycles. The molecular formula is C14H22N2O3. The molecule has 19 heavy (non-hydrogen) atoms. The van der Waals surface area contributed by atoms with E-state index in [1.807, 2.05) is 11.9 Å². The van der Waals surface area contributed by atoms with Crippen molar-refractivity contribution in [2.75, 3.05) is 7.05 Å². The Morgan fingerprint density at radius 3 is 2.21 bits per heavy atom. The Kier molecular flexibility index (Phi) is 3.15. The van der Waals surface area contributed by atoms with E-state index in [1.165, 1.54) is 0 Å². The van der Waals surface area contributed by atoms with Crippen molar-refractivity contribution in [3.63, 3.8) is 0 Å². The summed E-state index contributed by atoms with van der Waals surface area (Å²) in [5, 5.41) is 8.91. The van der Waals surface area contributed by atoms with Crippen LogP contribution < -0.4 is 0 Å². The van der Waals surface area contributed by atoms with Crippen LogP contribution in [-0.4, -0.2) is 52.1 Å². The van der Waals surface area contributed by atoms with Gasteiger partial charge >= 0.3 is 12.0 Å². The van der Waals surface area contributed by atoms with Gasteiger partial charge in [0.1, 0.15) is 0 Å². The fourth-order valence-corrected chi connectivity index (χ4v) is 3.82. The van der Waals surface area contributed by atoms with Crippen molar-refractivity contribution in [2.24, 2.45) is 5.92 Å². The number of carbonyl (C=O) groups is 2. The Bertz CT molecular complexity index is 380. The molecule has 3 fully saturated rings. The van der Waals surface area contributed by atoms with Gasteiger partial charge in [0, 0.05) is 31.6 Å². The topological polar surface area (TPSA) is 60.9 Å². The molecule has 3 aliphatic rings. The Morgan fingerprint density at radius 1 is 1.16 bits per heavy atom. The second-order valence-electron chi connectivity index (χ2n) is 6.35. The highest BCUT2D eigenvalue weighted by Gasteiger charge is 2.45. The molecule has 3 rings (SSSR count). The summed E-state index contributed by atoms with van der Waals surface area (Å²) >= 11 is 0. The summed E-state index contributed by atoms with van der Waals surface area (Å²) < 4.78 is 0. The van der Waals surface area contributed by atoms with Crippen LogP contribution in [0.4, 0.5) is 4.79 Å². The highest BCUT2D eigenvalue weighted by molar-refractivity contribution is 5.76. The molecular weight excluding hydrogens is 244 g/mol.